The van der Waals surface area contributed by atoms with E-state index in [2.05, 4.69) is 4.74 Å². The van der Waals surface area contributed by atoms with Crippen LogP contribution in [0.3, 0.4) is 0 Å². The van der Waals surface area contributed by atoms with Gasteiger partial charge in [-0.2, -0.15) is 13.2 Å². The number of carbonyl (C=O) groups excluding carboxylic acids is 1. The van der Waals surface area contributed by atoms with Crippen molar-refractivity contribution in [2.24, 2.45) is 11.1 Å². The molecule has 0 saturated carbocycles. The van der Waals surface area contributed by atoms with Crippen LogP contribution in [0.25, 0.3) is 0 Å². The van der Waals surface area contributed by atoms with E-state index >= 15 is 0 Å². The quantitative estimate of drug-likeness (QED) is 0.858. The van der Waals surface area contributed by atoms with Crippen molar-refractivity contribution in [3.05, 3.63) is 35.4 Å². The summed E-state index contributed by atoms with van der Waals surface area (Å²) in [6.45, 7) is 1.68. The average Bonchev–Trinajstić information content (AvgIpc) is 2.37. The van der Waals surface area contributed by atoms with Crippen molar-refractivity contribution in [3.63, 3.8) is 0 Å². The number of benzene rings is 1. The third-order valence-electron chi connectivity index (χ3n) is 3.00. The Kier molecular flexibility index (Phi) is 4.57. The maximum absolute atomic E-state index is 12.4. The van der Waals surface area contributed by atoms with E-state index in [9.17, 15) is 18.0 Å². The van der Waals surface area contributed by atoms with E-state index in [0.29, 0.717) is 5.56 Å². The molecule has 0 aliphatic rings. The topological polar surface area (TPSA) is 52.3 Å². The summed E-state index contributed by atoms with van der Waals surface area (Å²) in [5.74, 6) is -0.477. The molecule has 0 amide bonds. The van der Waals surface area contributed by atoms with Crippen LogP contribution >= 0.6 is 0 Å². The van der Waals surface area contributed by atoms with Crippen LogP contribution in [0.2, 0.25) is 0 Å². The van der Waals surface area contributed by atoms with Crippen LogP contribution in [0.1, 0.15) is 18.1 Å². The van der Waals surface area contributed by atoms with Gasteiger partial charge in [0.15, 0.2) is 0 Å². The molecule has 0 bridgehead atoms. The molecule has 3 nitrogen and oxygen atoms in total. The standard InChI is InChI=1S/C13H16F3NO2/c1-12(8-17,11(18)19-2)7-9-3-5-10(6-4-9)13(14,15)16/h3-6H,7-8,17H2,1-2H3. The molecule has 106 valence electrons. The molecule has 6 heteroatoms. The summed E-state index contributed by atoms with van der Waals surface area (Å²) >= 11 is 0. The molecule has 1 rings (SSSR count). The normalized spacial score (nSPS) is 14.8. The molecule has 0 heterocycles. The summed E-state index contributed by atoms with van der Waals surface area (Å²) in [4.78, 5) is 11.6. The second-order valence-electron chi connectivity index (χ2n) is 4.63. The largest absolute Gasteiger partial charge is 0.469 e. The molecule has 2 N–H and O–H groups in total. The molecule has 0 aliphatic heterocycles. The number of esters is 1. The van der Waals surface area contributed by atoms with Gasteiger partial charge in [0, 0.05) is 6.54 Å². The minimum Gasteiger partial charge on any atom is -0.469 e. The van der Waals surface area contributed by atoms with E-state index in [1.54, 1.807) is 6.92 Å². The predicted molar refractivity (Wildman–Crippen MR) is 64.3 cm³/mol. The first-order chi connectivity index (χ1) is 8.73. The third-order valence-corrected chi connectivity index (χ3v) is 3.00. The summed E-state index contributed by atoms with van der Waals surface area (Å²) in [6.07, 6.45) is -4.13. The van der Waals surface area contributed by atoms with E-state index in [-0.39, 0.29) is 13.0 Å². The Morgan fingerprint density at radius 1 is 1.26 bits per heavy atom. The predicted octanol–water partition coefficient (Wildman–Crippen LogP) is 2.39. The number of hydrogen-bond acceptors (Lipinski definition) is 3. The molecule has 1 aromatic carbocycles. The third kappa shape index (κ3) is 3.70. The van der Waals surface area contributed by atoms with Gasteiger partial charge in [-0.25, -0.2) is 0 Å². The molecule has 0 aliphatic carbocycles. The molecular formula is C13H16F3NO2. The molecule has 0 radical (unpaired) electrons. The van der Waals surface area contributed by atoms with Gasteiger partial charge in [-0.3, -0.25) is 4.79 Å². The molecule has 0 aromatic heterocycles. The minimum atomic E-state index is -4.36. The van der Waals surface area contributed by atoms with Gasteiger partial charge in [-0.05, 0) is 31.0 Å². The fourth-order valence-electron chi connectivity index (χ4n) is 1.74. The second-order valence-corrected chi connectivity index (χ2v) is 4.63. The van der Waals surface area contributed by atoms with Crippen molar-refractivity contribution in [2.75, 3.05) is 13.7 Å². The summed E-state index contributed by atoms with van der Waals surface area (Å²) < 4.78 is 41.9. The summed E-state index contributed by atoms with van der Waals surface area (Å²) in [5.41, 5.74) is 4.50. The highest BCUT2D eigenvalue weighted by Gasteiger charge is 2.34. The van der Waals surface area contributed by atoms with Gasteiger partial charge in [0.25, 0.3) is 0 Å². The Morgan fingerprint density at radius 3 is 2.16 bits per heavy atom. The fraction of sp³-hybridized carbons (Fsp3) is 0.462. The zero-order valence-electron chi connectivity index (χ0n) is 10.8. The molecule has 0 saturated heterocycles. The highest BCUT2D eigenvalue weighted by Crippen LogP contribution is 2.30. The first-order valence-corrected chi connectivity index (χ1v) is 5.67. The number of nitrogens with two attached hydrogens (primary N) is 1. The summed E-state index contributed by atoms with van der Waals surface area (Å²) in [6, 6.07) is 4.67. The summed E-state index contributed by atoms with van der Waals surface area (Å²) in [7, 11) is 1.25. The van der Waals surface area contributed by atoms with Gasteiger partial charge in [0.2, 0.25) is 0 Å². The van der Waals surface area contributed by atoms with E-state index in [1.165, 1.54) is 19.2 Å². The van der Waals surface area contributed by atoms with E-state index < -0.39 is 23.1 Å². The fourth-order valence-corrected chi connectivity index (χ4v) is 1.74. The van der Waals surface area contributed by atoms with Gasteiger partial charge in [0.05, 0.1) is 18.1 Å². The lowest BCUT2D eigenvalue weighted by Gasteiger charge is -2.24. The Hall–Kier alpha value is -1.56. The Bertz CT molecular complexity index is 442. The van der Waals surface area contributed by atoms with Crippen molar-refractivity contribution in [2.45, 2.75) is 19.5 Å². The van der Waals surface area contributed by atoms with Crippen LogP contribution < -0.4 is 5.73 Å². The number of carbonyl (C=O) groups is 1. The van der Waals surface area contributed by atoms with Gasteiger partial charge < -0.3 is 10.5 Å². The van der Waals surface area contributed by atoms with Crippen LogP contribution in [0.5, 0.6) is 0 Å². The molecule has 0 spiro atoms. The molecule has 1 aromatic rings. The van der Waals surface area contributed by atoms with Crippen LogP contribution in [0.4, 0.5) is 13.2 Å². The van der Waals surface area contributed by atoms with Crippen molar-refractivity contribution in [1.82, 2.24) is 0 Å². The highest BCUT2D eigenvalue weighted by atomic mass is 19.4. The Labute approximate surface area is 109 Å². The minimum absolute atomic E-state index is 0.0562. The van der Waals surface area contributed by atoms with Crippen molar-refractivity contribution < 1.29 is 22.7 Å². The molecule has 19 heavy (non-hydrogen) atoms. The second kappa shape index (κ2) is 5.61. The number of rotatable bonds is 4. The molecular weight excluding hydrogens is 259 g/mol. The number of alkyl halides is 3. The van der Waals surface area contributed by atoms with Crippen molar-refractivity contribution >= 4 is 5.97 Å². The Morgan fingerprint density at radius 2 is 1.79 bits per heavy atom. The maximum Gasteiger partial charge on any atom is 0.416 e. The maximum atomic E-state index is 12.4. The van der Waals surface area contributed by atoms with E-state index in [4.69, 9.17) is 5.73 Å². The zero-order valence-corrected chi connectivity index (χ0v) is 10.8. The number of halogens is 3. The average molecular weight is 275 g/mol. The number of ether oxygens (including phenoxy) is 1. The van der Waals surface area contributed by atoms with Crippen molar-refractivity contribution in [1.29, 1.82) is 0 Å². The number of hydrogen-bond donors (Lipinski definition) is 1. The van der Waals surface area contributed by atoms with Gasteiger partial charge in [-0.15, -0.1) is 0 Å². The molecule has 1 atom stereocenters. The first kappa shape index (κ1) is 15.5. The monoisotopic (exact) mass is 275 g/mol. The first-order valence-electron chi connectivity index (χ1n) is 5.67. The van der Waals surface area contributed by atoms with Crippen LogP contribution in [0.15, 0.2) is 24.3 Å². The van der Waals surface area contributed by atoms with Gasteiger partial charge in [0.1, 0.15) is 0 Å². The zero-order chi connectivity index (χ0) is 14.7. The smallest absolute Gasteiger partial charge is 0.416 e. The van der Waals surface area contributed by atoms with Crippen LogP contribution in [-0.2, 0) is 22.1 Å². The number of methoxy groups -OCH3 is 1. The Balaban J connectivity index is 2.91. The van der Waals surface area contributed by atoms with Gasteiger partial charge in [-0.1, -0.05) is 12.1 Å². The molecule has 1 unspecified atom stereocenters. The van der Waals surface area contributed by atoms with E-state index in [0.717, 1.165) is 12.1 Å². The lowest BCUT2D eigenvalue weighted by atomic mass is 9.83. The van der Waals surface area contributed by atoms with E-state index in [1.807, 2.05) is 0 Å². The molecule has 0 fully saturated rings. The van der Waals surface area contributed by atoms with Crippen LogP contribution in [-0.4, -0.2) is 19.6 Å². The SMILES string of the molecule is COC(=O)C(C)(CN)Cc1ccc(C(F)(F)F)cc1. The van der Waals surface area contributed by atoms with Crippen molar-refractivity contribution in [3.8, 4) is 0 Å². The highest BCUT2D eigenvalue weighted by molar-refractivity contribution is 5.77. The van der Waals surface area contributed by atoms with Gasteiger partial charge >= 0.3 is 12.1 Å². The lowest BCUT2D eigenvalue weighted by Crippen LogP contribution is -2.38. The lowest BCUT2D eigenvalue weighted by molar-refractivity contribution is -0.151. The van der Waals surface area contributed by atoms with Crippen LogP contribution in [0, 0.1) is 5.41 Å². The summed E-state index contributed by atoms with van der Waals surface area (Å²) in [5, 5.41) is 0.